The van der Waals surface area contributed by atoms with Crippen LogP contribution in [0.25, 0.3) is 10.5 Å². The van der Waals surface area contributed by atoms with Gasteiger partial charge in [0.1, 0.15) is 5.82 Å². The summed E-state index contributed by atoms with van der Waals surface area (Å²) in [7, 11) is 0. The van der Waals surface area contributed by atoms with E-state index in [4.69, 9.17) is 6.57 Å². The summed E-state index contributed by atoms with van der Waals surface area (Å²) in [4.78, 5) is 14.5. The first-order chi connectivity index (χ1) is 14.2. The maximum absolute atomic E-state index is 7.40. The van der Waals surface area contributed by atoms with Gasteiger partial charge in [0.05, 0.1) is 18.3 Å². The molecule has 2 aromatic heterocycles. The smallest absolute Gasteiger partial charge is 0.228 e. The van der Waals surface area contributed by atoms with Crippen LogP contribution in [0.15, 0.2) is 42.6 Å². The fourth-order valence-corrected chi connectivity index (χ4v) is 4.46. The molecular formula is C21H22N8. The Morgan fingerprint density at radius 2 is 2.07 bits per heavy atom. The largest absolute Gasteiger partial charge is 0.362 e. The summed E-state index contributed by atoms with van der Waals surface area (Å²) >= 11 is 0. The number of aromatic nitrogens is 5. The van der Waals surface area contributed by atoms with Gasteiger partial charge in [-0.1, -0.05) is 24.3 Å². The number of hydrogen-bond donors (Lipinski definition) is 0. The molecule has 0 radical (unpaired) electrons. The van der Waals surface area contributed by atoms with Crippen molar-refractivity contribution in [2.45, 2.75) is 31.8 Å². The second-order valence-corrected chi connectivity index (χ2v) is 7.66. The molecule has 8 nitrogen and oxygen atoms in total. The average Bonchev–Trinajstić information content (AvgIpc) is 3.40. The highest BCUT2D eigenvalue weighted by molar-refractivity contribution is 5.66. The molecule has 0 bridgehead atoms. The number of nitrogens with zero attached hydrogens (tertiary/aromatic N) is 8. The number of aryl methyl sites for hydroxylation is 1. The van der Waals surface area contributed by atoms with Gasteiger partial charge in [0.2, 0.25) is 5.69 Å². The number of rotatable bonds is 3. The van der Waals surface area contributed by atoms with E-state index >= 15 is 0 Å². The highest BCUT2D eigenvalue weighted by atomic mass is 15.6. The van der Waals surface area contributed by atoms with E-state index in [0.29, 0.717) is 11.7 Å². The monoisotopic (exact) mass is 386 g/mol. The molecule has 8 heteroatoms. The topological polar surface area (TPSA) is 67.3 Å². The molecule has 146 valence electrons. The zero-order chi connectivity index (χ0) is 19.8. The molecule has 29 heavy (non-hydrogen) atoms. The van der Waals surface area contributed by atoms with E-state index in [2.05, 4.69) is 54.1 Å². The molecule has 0 N–H and O–H groups in total. The van der Waals surface area contributed by atoms with E-state index < -0.39 is 0 Å². The predicted octanol–water partition coefficient (Wildman–Crippen LogP) is 2.94. The third-order valence-corrected chi connectivity index (χ3v) is 5.85. The van der Waals surface area contributed by atoms with Crippen LogP contribution in [0.1, 0.15) is 30.3 Å². The molecule has 0 spiro atoms. The van der Waals surface area contributed by atoms with Crippen molar-refractivity contribution in [3.05, 3.63) is 65.4 Å². The first kappa shape index (κ1) is 17.8. The lowest BCUT2D eigenvalue weighted by Gasteiger charge is -2.40. The minimum atomic E-state index is 0.199. The summed E-state index contributed by atoms with van der Waals surface area (Å²) in [6, 6.07) is 12.4. The van der Waals surface area contributed by atoms with Crippen LogP contribution in [0.3, 0.4) is 0 Å². The highest BCUT2D eigenvalue weighted by Gasteiger charge is 2.40. The Kier molecular flexibility index (Phi) is 4.45. The second-order valence-electron chi connectivity index (χ2n) is 7.66. The van der Waals surface area contributed by atoms with Gasteiger partial charge in [-0.3, -0.25) is 9.88 Å². The normalized spacial score (nSPS) is 21.7. The zero-order valence-corrected chi connectivity index (χ0v) is 16.3. The summed E-state index contributed by atoms with van der Waals surface area (Å²) in [6.07, 6.45) is 3.87. The fourth-order valence-electron chi connectivity index (χ4n) is 4.46. The number of pyridine rings is 1. The van der Waals surface area contributed by atoms with Crippen LogP contribution >= 0.6 is 0 Å². The number of hydrogen-bond acceptors (Lipinski definition) is 6. The summed E-state index contributed by atoms with van der Waals surface area (Å²) in [5.74, 6) is 1.59. The number of piperazine rings is 1. The van der Waals surface area contributed by atoms with Gasteiger partial charge in [0.25, 0.3) is 0 Å². The van der Waals surface area contributed by atoms with Gasteiger partial charge >= 0.3 is 0 Å². The first-order valence-electron chi connectivity index (χ1n) is 9.93. The third-order valence-electron chi connectivity index (χ3n) is 5.85. The summed E-state index contributed by atoms with van der Waals surface area (Å²) in [6.45, 7) is 12.1. The minimum absolute atomic E-state index is 0.199. The maximum Gasteiger partial charge on any atom is 0.228 e. The van der Waals surface area contributed by atoms with Crippen LogP contribution in [0.2, 0.25) is 0 Å². The van der Waals surface area contributed by atoms with Crippen LogP contribution in [0, 0.1) is 13.5 Å². The molecular weight excluding hydrogens is 364 g/mol. The number of tetrazole rings is 1. The van der Waals surface area contributed by atoms with Crippen LogP contribution in [0.5, 0.6) is 0 Å². The minimum Gasteiger partial charge on any atom is -0.362 e. The Balaban J connectivity index is 1.33. The molecule has 2 aliphatic heterocycles. The molecule has 0 aliphatic carbocycles. The number of benzene rings is 1. The Hall–Kier alpha value is -3.31. The van der Waals surface area contributed by atoms with Crippen molar-refractivity contribution in [2.75, 3.05) is 24.5 Å². The molecule has 0 saturated carbocycles. The molecule has 1 aromatic carbocycles. The molecule has 2 aliphatic rings. The Bertz CT molecular complexity index is 1070. The van der Waals surface area contributed by atoms with E-state index in [1.165, 1.54) is 5.56 Å². The van der Waals surface area contributed by atoms with Crippen molar-refractivity contribution in [3.8, 4) is 5.69 Å². The van der Waals surface area contributed by atoms with Crippen LogP contribution in [-0.2, 0) is 0 Å². The lowest BCUT2D eigenvalue weighted by atomic mass is 10.1. The molecule has 0 unspecified atom stereocenters. The first-order valence-corrected chi connectivity index (χ1v) is 9.93. The second kappa shape index (κ2) is 7.26. The molecule has 2 fully saturated rings. The van der Waals surface area contributed by atoms with Crippen LogP contribution < -0.4 is 4.90 Å². The predicted molar refractivity (Wildman–Crippen MR) is 109 cm³/mol. The summed E-state index contributed by atoms with van der Waals surface area (Å²) < 4.78 is 0. The number of anilines is 1. The van der Waals surface area contributed by atoms with E-state index in [-0.39, 0.29) is 6.04 Å². The van der Waals surface area contributed by atoms with E-state index in [1.807, 2.05) is 24.3 Å². The van der Waals surface area contributed by atoms with Crippen molar-refractivity contribution in [2.24, 2.45) is 0 Å². The van der Waals surface area contributed by atoms with Gasteiger partial charge in [-0.05, 0) is 42.7 Å². The fraction of sp³-hybridized carbons (Fsp3) is 0.381. The van der Waals surface area contributed by atoms with Crippen molar-refractivity contribution >= 4 is 11.5 Å². The molecule has 2 atom stereocenters. The molecule has 0 amide bonds. The van der Waals surface area contributed by atoms with Gasteiger partial charge in [-0.25, -0.2) is 4.85 Å². The Morgan fingerprint density at radius 1 is 1.14 bits per heavy atom. The van der Waals surface area contributed by atoms with E-state index in [0.717, 1.165) is 49.8 Å². The van der Waals surface area contributed by atoms with Crippen molar-refractivity contribution in [1.29, 1.82) is 0 Å². The summed E-state index contributed by atoms with van der Waals surface area (Å²) in [5, 5.41) is 13.4. The standard InChI is InChI=1S/C21H22N8/c1-15-5-3-6-16(13-15)29-25-20(24-26-29)19-9-8-17-14-27(11-12-28(17)19)21-18(22-2)7-4-10-23-21/h3-7,10,13,17,19H,8-9,11-12,14H2,1H3/t17-,19+/m0/s1. The molecule has 4 heterocycles. The van der Waals surface area contributed by atoms with Crippen molar-refractivity contribution < 1.29 is 0 Å². The van der Waals surface area contributed by atoms with Gasteiger partial charge in [-0.2, -0.15) is 0 Å². The quantitative estimate of drug-likeness (QED) is 0.645. The van der Waals surface area contributed by atoms with E-state index in [1.54, 1.807) is 11.0 Å². The van der Waals surface area contributed by atoms with Gasteiger partial charge in [0, 0.05) is 31.9 Å². The van der Waals surface area contributed by atoms with Crippen molar-refractivity contribution in [1.82, 2.24) is 30.1 Å². The Labute approximate surface area is 169 Å². The highest BCUT2D eigenvalue weighted by Crippen LogP contribution is 2.38. The van der Waals surface area contributed by atoms with Crippen LogP contribution in [0.4, 0.5) is 11.5 Å². The third kappa shape index (κ3) is 3.23. The lowest BCUT2D eigenvalue weighted by Crippen LogP contribution is -2.51. The van der Waals surface area contributed by atoms with Crippen molar-refractivity contribution in [3.63, 3.8) is 0 Å². The van der Waals surface area contributed by atoms with Gasteiger partial charge in [-0.15, -0.1) is 15.0 Å². The van der Waals surface area contributed by atoms with E-state index in [9.17, 15) is 0 Å². The average molecular weight is 386 g/mol. The lowest BCUT2D eigenvalue weighted by molar-refractivity contribution is 0.170. The number of fused-ring (bicyclic) bond motifs is 1. The van der Waals surface area contributed by atoms with Gasteiger partial charge in [0.15, 0.2) is 5.82 Å². The molecule has 5 rings (SSSR count). The Morgan fingerprint density at radius 3 is 2.93 bits per heavy atom. The van der Waals surface area contributed by atoms with Gasteiger partial charge < -0.3 is 4.90 Å². The summed E-state index contributed by atoms with van der Waals surface area (Å²) in [5.41, 5.74) is 2.73. The maximum atomic E-state index is 7.40. The zero-order valence-electron chi connectivity index (χ0n) is 16.3. The molecule has 3 aromatic rings. The van der Waals surface area contributed by atoms with Crippen LogP contribution in [-0.4, -0.2) is 55.8 Å². The SMILES string of the molecule is [C-]#[N+]c1cccnc1N1CCN2[C@@H](CC[C@@H]2c2nnn(-c3cccc(C)c3)n2)C1. The molecule has 2 saturated heterocycles.